The van der Waals surface area contributed by atoms with Gasteiger partial charge in [-0.1, -0.05) is 19.8 Å². The standard InChI is InChI=1S/C15H23NO2/c1-3-11-5-4-6-12(9-11)18-13-7-8-15(17-2)14(16)10-13/h7-8,10-12H,3-6,9,16H2,1-2H3. The van der Waals surface area contributed by atoms with E-state index in [1.165, 1.54) is 25.7 Å². The molecule has 1 saturated carbocycles. The van der Waals surface area contributed by atoms with Gasteiger partial charge in [-0.3, -0.25) is 0 Å². The van der Waals surface area contributed by atoms with Gasteiger partial charge < -0.3 is 15.2 Å². The van der Waals surface area contributed by atoms with E-state index in [0.717, 1.165) is 18.1 Å². The molecule has 1 aromatic rings. The summed E-state index contributed by atoms with van der Waals surface area (Å²) in [4.78, 5) is 0. The van der Waals surface area contributed by atoms with Crippen LogP contribution in [0.15, 0.2) is 18.2 Å². The Morgan fingerprint density at radius 2 is 2.17 bits per heavy atom. The van der Waals surface area contributed by atoms with Crippen LogP contribution in [0.3, 0.4) is 0 Å². The number of ether oxygens (including phenoxy) is 2. The third-order valence-corrected chi connectivity index (χ3v) is 3.82. The fraction of sp³-hybridized carbons (Fsp3) is 0.600. The second-order valence-electron chi connectivity index (χ2n) is 5.08. The van der Waals surface area contributed by atoms with E-state index >= 15 is 0 Å². The van der Waals surface area contributed by atoms with Crippen LogP contribution in [0.5, 0.6) is 11.5 Å². The van der Waals surface area contributed by atoms with Crippen molar-refractivity contribution in [2.45, 2.75) is 45.1 Å². The summed E-state index contributed by atoms with van der Waals surface area (Å²) in [5.41, 5.74) is 6.52. The lowest BCUT2D eigenvalue weighted by atomic mass is 9.85. The van der Waals surface area contributed by atoms with Gasteiger partial charge in [0.05, 0.1) is 18.9 Å². The minimum atomic E-state index is 0.344. The largest absolute Gasteiger partial charge is 0.495 e. The van der Waals surface area contributed by atoms with Crippen LogP contribution in [0.25, 0.3) is 0 Å². The molecule has 0 heterocycles. The van der Waals surface area contributed by atoms with Crippen molar-refractivity contribution < 1.29 is 9.47 Å². The molecule has 1 aliphatic carbocycles. The first-order valence-electron chi connectivity index (χ1n) is 6.83. The van der Waals surface area contributed by atoms with Crippen molar-refractivity contribution in [1.82, 2.24) is 0 Å². The zero-order chi connectivity index (χ0) is 13.0. The predicted molar refractivity (Wildman–Crippen MR) is 74.1 cm³/mol. The molecule has 0 amide bonds. The molecule has 1 fully saturated rings. The van der Waals surface area contributed by atoms with Crippen LogP contribution < -0.4 is 15.2 Å². The maximum absolute atomic E-state index is 6.03. The van der Waals surface area contributed by atoms with Crippen LogP contribution in [-0.2, 0) is 0 Å². The molecule has 2 rings (SSSR count). The highest BCUT2D eigenvalue weighted by molar-refractivity contribution is 5.56. The molecule has 0 radical (unpaired) electrons. The van der Waals surface area contributed by atoms with Gasteiger partial charge in [-0.05, 0) is 37.3 Å². The number of methoxy groups -OCH3 is 1. The van der Waals surface area contributed by atoms with Crippen molar-refractivity contribution >= 4 is 5.69 Å². The highest BCUT2D eigenvalue weighted by Gasteiger charge is 2.22. The van der Waals surface area contributed by atoms with Crippen LogP contribution in [0.2, 0.25) is 0 Å². The van der Waals surface area contributed by atoms with Gasteiger partial charge in [0.1, 0.15) is 11.5 Å². The summed E-state index contributed by atoms with van der Waals surface area (Å²) in [5.74, 6) is 2.38. The second-order valence-corrected chi connectivity index (χ2v) is 5.08. The van der Waals surface area contributed by atoms with Gasteiger partial charge in [0.15, 0.2) is 0 Å². The molecule has 100 valence electrons. The Kier molecular flexibility index (Phi) is 4.34. The molecule has 2 atom stereocenters. The molecular formula is C15H23NO2. The molecule has 18 heavy (non-hydrogen) atoms. The molecule has 0 bridgehead atoms. The zero-order valence-corrected chi connectivity index (χ0v) is 11.3. The van der Waals surface area contributed by atoms with Crippen LogP contribution in [0.1, 0.15) is 39.0 Å². The minimum Gasteiger partial charge on any atom is -0.495 e. The van der Waals surface area contributed by atoms with Gasteiger partial charge >= 0.3 is 0 Å². The number of anilines is 1. The summed E-state index contributed by atoms with van der Waals surface area (Å²) in [6.45, 7) is 2.26. The molecule has 0 aromatic heterocycles. The number of benzene rings is 1. The topological polar surface area (TPSA) is 44.5 Å². The number of hydrogen-bond donors (Lipinski definition) is 1. The van der Waals surface area contributed by atoms with Crippen LogP contribution in [0, 0.1) is 5.92 Å². The maximum atomic E-state index is 6.03. The molecule has 2 unspecified atom stereocenters. The fourth-order valence-electron chi connectivity index (χ4n) is 2.70. The van der Waals surface area contributed by atoms with E-state index in [9.17, 15) is 0 Å². The molecule has 2 N–H and O–H groups in total. The summed E-state index contributed by atoms with van der Waals surface area (Å²) in [5, 5.41) is 0. The monoisotopic (exact) mass is 249 g/mol. The van der Waals surface area contributed by atoms with Crippen molar-refractivity contribution in [2.24, 2.45) is 5.92 Å². The Labute approximate surface area is 109 Å². The number of hydrogen-bond acceptors (Lipinski definition) is 3. The zero-order valence-electron chi connectivity index (χ0n) is 11.3. The van der Waals surface area contributed by atoms with Gasteiger partial charge in [-0.25, -0.2) is 0 Å². The molecule has 1 aliphatic rings. The van der Waals surface area contributed by atoms with Crippen molar-refractivity contribution in [2.75, 3.05) is 12.8 Å². The van der Waals surface area contributed by atoms with Crippen LogP contribution in [0.4, 0.5) is 5.69 Å². The van der Waals surface area contributed by atoms with E-state index in [-0.39, 0.29) is 0 Å². The van der Waals surface area contributed by atoms with Crippen molar-refractivity contribution in [3.05, 3.63) is 18.2 Å². The molecule has 3 nitrogen and oxygen atoms in total. The minimum absolute atomic E-state index is 0.344. The first kappa shape index (κ1) is 13.1. The first-order chi connectivity index (χ1) is 8.72. The number of nitrogen functional groups attached to an aromatic ring is 1. The van der Waals surface area contributed by atoms with E-state index in [4.69, 9.17) is 15.2 Å². The van der Waals surface area contributed by atoms with Gasteiger partial charge in [-0.15, -0.1) is 0 Å². The molecular weight excluding hydrogens is 226 g/mol. The molecule has 3 heteroatoms. The highest BCUT2D eigenvalue weighted by atomic mass is 16.5. The van der Waals surface area contributed by atoms with Crippen molar-refractivity contribution in [1.29, 1.82) is 0 Å². The van der Waals surface area contributed by atoms with E-state index in [1.807, 2.05) is 18.2 Å². The summed E-state index contributed by atoms with van der Waals surface area (Å²) < 4.78 is 11.2. The van der Waals surface area contributed by atoms with Gasteiger partial charge in [0.25, 0.3) is 0 Å². The Hall–Kier alpha value is -1.38. The molecule has 0 spiro atoms. The lowest BCUT2D eigenvalue weighted by molar-refractivity contribution is 0.122. The smallest absolute Gasteiger partial charge is 0.142 e. The van der Waals surface area contributed by atoms with E-state index < -0.39 is 0 Å². The maximum Gasteiger partial charge on any atom is 0.142 e. The third kappa shape index (κ3) is 3.09. The van der Waals surface area contributed by atoms with E-state index in [1.54, 1.807) is 7.11 Å². The van der Waals surface area contributed by atoms with Crippen LogP contribution in [-0.4, -0.2) is 13.2 Å². The Bertz CT molecular complexity index is 392. The highest BCUT2D eigenvalue weighted by Crippen LogP contribution is 2.32. The summed E-state index contributed by atoms with van der Waals surface area (Å²) in [6.07, 6.45) is 6.54. The van der Waals surface area contributed by atoms with Crippen molar-refractivity contribution in [3.63, 3.8) is 0 Å². The number of rotatable bonds is 4. The third-order valence-electron chi connectivity index (χ3n) is 3.82. The SMILES string of the molecule is CCC1CCCC(Oc2ccc(OC)c(N)c2)C1. The van der Waals surface area contributed by atoms with Crippen LogP contribution >= 0.6 is 0 Å². The number of nitrogens with two attached hydrogens (primary N) is 1. The Morgan fingerprint density at radius 3 is 2.83 bits per heavy atom. The lowest BCUT2D eigenvalue weighted by Crippen LogP contribution is -2.25. The van der Waals surface area contributed by atoms with E-state index in [0.29, 0.717) is 17.5 Å². The quantitative estimate of drug-likeness (QED) is 0.829. The lowest BCUT2D eigenvalue weighted by Gasteiger charge is -2.29. The normalized spacial score (nSPS) is 23.7. The second kappa shape index (κ2) is 5.98. The average molecular weight is 249 g/mol. The van der Waals surface area contributed by atoms with Crippen molar-refractivity contribution in [3.8, 4) is 11.5 Å². The predicted octanol–water partition coefficient (Wildman–Crippen LogP) is 3.63. The van der Waals surface area contributed by atoms with Gasteiger partial charge in [-0.2, -0.15) is 0 Å². The summed E-state index contributed by atoms with van der Waals surface area (Å²) in [7, 11) is 1.62. The molecule has 1 aromatic carbocycles. The molecule has 0 saturated heterocycles. The van der Waals surface area contributed by atoms with E-state index in [2.05, 4.69) is 6.92 Å². The summed E-state index contributed by atoms with van der Waals surface area (Å²) in [6, 6.07) is 5.66. The van der Waals surface area contributed by atoms with Gasteiger partial charge in [0.2, 0.25) is 0 Å². The Morgan fingerprint density at radius 1 is 1.33 bits per heavy atom. The summed E-state index contributed by atoms with van der Waals surface area (Å²) >= 11 is 0. The molecule has 0 aliphatic heterocycles. The van der Waals surface area contributed by atoms with Gasteiger partial charge in [0, 0.05) is 6.07 Å². The average Bonchev–Trinajstić information content (AvgIpc) is 2.39. The fourth-order valence-corrected chi connectivity index (χ4v) is 2.70. The first-order valence-corrected chi connectivity index (χ1v) is 6.83. The Balaban J connectivity index is 1.98.